The predicted octanol–water partition coefficient (Wildman–Crippen LogP) is 2.38. The number of nitriles is 1. The van der Waals surface area contributed by atoms with Crippen LogP contribution in [-0.2, 0) is 14.8 Å². The largest absolute Gasteiger partial charge is 0.348 e. The van der Waals surface area contributed by atoms with Crippen LogP contribution < -0.4 is 5.32 Å². The molecule has 3 rings (SSSR count). The minimum atomic E-state index is -3.63. The molecule has 0 radical (unpaired) electrons. The Morgan fingerprint density at radius 3 is 2.29 bits per heavy atom. The Labute approximate surface area is 184 Å². The number of hydrogen-bond donors (Lipinski definition) is 1. The molecule has 2 aromatic rings. The highest BCUT2D eigenvalue weighted by Gasteiger charge is 2.32. The molecule has 1 aliphatic heterocycles. The van der Waals surface area contributed by atoms with Crippen molar-refractivity contribution in [2.75, 3.05) is 33.7 Å². The van der Waals surface area contributed by atoms with Gasteiger partial charge in [-0.25, -0.2) is 8.42 Å². The number of rotatable bonds is 7. The van der Waals surface area contributed by atoms with Crippen LogP contribution in [0.1, 0.15) is 30.0 Å². The molecule has 1 amide bonds. The predicted molar refractivity (Wildman–Crippen MR) is 119 cm³/mol. The van der Waals surface area contributed by atoms with E-state index in [1.807, 2.05) is 55.4 Å². The van der Waals surface area contributed by atoms with E-state index in [1.54, 1.807) is 0 Å². The first-order valence-corrected chi connectivity index (χ1v) is 11.8. The zero-order valence-corrected chi connectivity index (χ0v) is 18.7. The van der Waals surface area contributed by atoms with Gasteiger partial charge in [0.2, 0.25) is 15.9 Å². The van der Waals surface area contributed by atoms with Crippen LogP contribution in [-0.4, -0.2) is 57.3 Å². The number of nitrogens with zero attached hydrogens (tertiary/aromatic N) is 3. The average Bonchev–Trinajstić information content (AvgIpc) is 2.79. The Morgan fingerprint density at radius 1 is 1.13 bits per heavy atom. The summed E-state index contributed by atoms with van der Waals surface area (Å²) in [6.45, 7) is 1.27. The fourth-order valence-electron chi connectivity index (χ4n) is 3.78. The van der Waals surface area contributed by atoms with Gasteiger partial charge in [-0.2, -0.15) is 9.57 Å². The molecule has 1 heterocycles. The lowest BCUT2D eigenvalue weighted by Crippen LogP contribution is -2.44. The number of carbonyl (C=O) groups excluding carboxylic acids is 1. The maximum Gasteiger partial charge on any atom is 0.243 e. The van der Waals surface area contributed by atoms with Crippen LogP contribution in [0.5, 0.6) is 0 Å². The molecule has 0 saturated carbocycles. The normalized spacial score (nSPS) is 16.6. The van der Waals surface area contributed by atoms with E-state index in [1.165, 1.54) is 28.6 Å². The van der Waals surface area contributed by atoms with Crippen molar-refractivity contribution >= 4 is 15.9 Å². The van der Waals surface area contributed by atoms with Gasteiger partial charge in [-0.1, -0.05) is 30.3 Å². The van der Waals surface area contributed by atoms with Crippen LogP contribution in [0.4, 0.5) is 0 Å². The van der Waals surface area contributed by atoms with E-state index in [-0.39, 0.29) is 22.8 Å². The lowest BCUT2D eigenvalue weighted by atomic mass is 9.96. The molecule has 31 heavy (non-hydrogen) atoms. The standard InChI is InChI=1S/C23H28N4O3S/c1-26(2)17-22(19-6-4-3-5-7-19)25-23(28)20-12-14-27(15-13-20)31(29,30)21-10-8-18(16-24)9-11-21/h3-11,20,22H,12-15,17H2,1-2H3,(H,25,28). The summed E-state index contributed by atoms with van der Waals surface area (Å²) < 4.78 is 27.2. The van der Waals surface area contributed by atoms with Crippen molar-refractivity contribution < 1.29 is 13.2 Å². The second kappa shape index (κ2) is 10.1. The van der Waals surface area contributed by atoms with Gasteiger partial charge in [-0.15, -0.1) is 0 Å². The first kappa shape index (κ1) is 22.9. The Hall–Kier alpha value is -2.73. The van der Waals surface area contributed by atoms with Crippen LogP contribution in [0.2, 0.25) is 0 Å². The van der Waals surface area contributed by atoms with E-state index in [4.69, 9.17) is 5.26 Å². The van der Waals surface area contributed by atoms with Crippen LogP contribution >= 0.6 is 0 Å². The second-order valence-electron chi connectivity index (χ2n) is 8.05. The zero-order valence-electron chi connectivity index (χ0n) is 17.9. The highest BCUT2D eigenvalue weighted by molar-refractivity contribution is 7.89. The number of carbonyl (C=O) groups is 1. The van der Waals surface area contributed by atoms with E-state index >= 15 is 0 Å². The zero-order chi connectivity index (χ0) is 22.4. The SMILES string of the molecule is CN(C)CC(NC(=O)C1CCN(S(=O)(=O)c2ccc(C#N)cc2)CC1)c1ccccc1. The van der Waals surface area contributed by atoms with Crippen molar-refractivity contribution in [2.45, 2.75) is 23.8 Å². The van der Waals surface area contributed by atoms with Crippen molar-refractivity contribution in [3.8, 4) is 6.07 Å². The minimum Gasteiger partial charge on any atom is -0.348 e. The number of amides is 1. The van der Waals surface area contributed by atoms with Crippen molar-refractivity contribution in [1.82, 2.24) is 14.5 Å². The Morgan fingerprint density at radius 2 is 1.74 bits per heavy atom. The van der Waals surface area contributed by atoms with Crippen molar-refractivity contribution in [3.05, 3.63) is 65.7 Å². The molecule has 7 nitrogen and oxygen atoms in total. The maximum absolute atomic E-state index is 12.9. The highest BCUT2D eigenvalue weighted by atomic mass is 32.2. The molecule has 1 unspecified atom stereocenters. The minimum absolute atomic E-state index is 0.0360. The summed E-state index contributed by atoms with van der Waals surface area (Å²) in [6.07, 6.45) is 0.954. The van der Waals surface area contributed by atoms with Gasteiger partial charge < -0.3 is 10.2 Å². The Bertz CT molecular complexity index is 1020. The average molecular weight is 441 g/mol. The summed E-state index contributed by atoms with van der Waals surface area (Å²) >= 11 is 0. The topological polar surface area (TPSA) is 93.5 Å². The number of piperidine rings is 1. The summed E-state index contributed by atoms with van der Waals surface area (Å²) in [6, 6.07) is 17.6. The van der Waals surface area contributed by atoms with E-state index < -0.39 is 10.0 Å². The maximum atomic E-state index is 12.9. The van der Waals surface area contributed by atoms with Crippen LogP contribution in [0.25, 0.3) is 0 Å². The summed E-state index contributed by atoms with van der Waals surface area (Å²) in [4.78, 5) is 15.1. The molecule has 0 aromatic heterocycles. The molecule has 0 aliphatic carbocycles. The third-order valence-electron chi connectivity index (χ3n) is 5.51. The molecular weight excluding hydrogens is 412 g/mol. The number of hydrogen-bond acceptors (Lipinski definition) is 5. The third kappa shape index (κ3) is 5.70. The summed E-state index contributed by atoms with van der Waals surface area (Å²) in [5.41, 5.74) is 1.46. The first-order valence-electron chi connectivity index (χ1n) is 10.3. The summed E-state index contributed by atoms with van der Waals surface area (Å²) in [7, 11) is 0.301. The molecule has 164 valence electrons. The Kier molecular flexibility index (Phi) is 7.44. The van der Waals surface area contributed by atoms with Gasteiger partial charge in [0, 0.05) is 25.6 Å². The van der Waals surface area contributed by atoms with Crippen LogP contribution in [0, 0.1) is 17.2 Å². The molecule has 1 atom stereocenters. The van der Waals surface area contributed by atoms with Crippen molar-refractivity contribution in [2.24, 2.45) is 5.92 Å². The summed E-state index contributed by atoms with van der Waals surface area (Å²) in [5.74, 6) is -0.257. The smallest absolute Gasteiger partial charge is 0.243 e. The molecular formula is C23H28N4O3S. The molecule has 1 fully saturated rings. The quantitative estimate of drug-likeness (QED) is 0.714. The highest BCUT2D eigenvalue weighted by Crippen LogP contribution is 2.25. The molecule has 1 N–H and O–H groups in total. The van der Waals surface area contributed by atoms with Gasteiger partial charge in [0.05, 0.1) is 22.6 Å². The first-order chi connectivity index (χ1) is 14.8. The molecule has 0 bridgehead atoms. The fourth-order valence-corrected chi connectivity index (χ4v) is 5.25. The second-order valence-corrected chi connectivity index (χ2v) is 9.99. The van der Waals surface area contributed by atoms with Gasteiger partial charge in [0.25, 0.3) is 0 Å². The molecule has 0 spiro atoms. The number of benzene rings is 2. The fraction of sp³-hybridized carbons (Fsp3) is 0.391. The monoisotopic (exact) mass is 440 g/mol. The van der Waals surface area contributed by atoms with E-state index in [0.29, 0.717) is 38.0 Å². The van der Waals surface area contributed by atoms with Gasteiger partial charge in [-0.05, 0) is 56.8 Å². The third-order valence-corrected chi connectivity index (χ3v) is 7.42. The van der Waals surface area contributed by atoms with Gasteiger partial charge in [-0.3, -0.25) is 4.79 Å². The lowest BCUT2D eigenvalue weighted by Gasteiger charge is -2.32. The Balaban J connectivity index is 1.62. The van der Waals surface area contributed by atoms with E-state index in [9.17, 15) is 13.2 Å². The van der Waals surface area contributed by atoms with Gasteiger partial charge in [0.15, 0.2) is 0 Å². The molecule has 2 aromatic carbocycles. The summed E-state index contributed by atoms with van der Waals surface area (Å²) in [5, 5.41) is 12.0. The van der Waals surface area contributed by atoms with Crippen LogP contribution in [0.3, 0.4) is 0 Å². The molecule has 1 saturated heterocycles. The lowest BCUT2D eigenvalue weighted by molar-refractivity contribution is -0.127. The van der Waals surface area contributed by atoms with Crippen molar-refractivity contribution in [1.29, 1.82) is 5.26 Å². The molecule has 1 aliphatic rings. The number of sulfonamides is 1. The number of likely N-dealkylation sites (N-methyl/N-ethyl adjacent to an activating group) is 1. The van der Waals surface area contributed by atoms with Crippen molar-refractivity contribution in [3.63, 3.8) is 0 Å². The number of nitrogens with one attached hydrogen (secondary N) is 1. The van der Waals surface area contributed by atoms with Gasteiger partial charge in [0.1, 0.15) is 0 Å². The molecule has 8 heteroatoms. The van der Waals surface area contributed by atoms with Gasteiger partial charge >= 0.3 is 0 Å². The van der Waals surface area contributed by atoms with Crippen LogP contribution in [0.15, 0.2) is 59.5 Å². The van der Waals surface area contributed by atoms with E-state index in [2.05, 4.69) is 5.32 Å². The van der Waals surface area contributed by atoms with E-state index in [0.717, 1.165) is 5.56 Å².